The normalized spacial score (nSPS) is 12.6. The molecular formula is C18H32O4. The van der Waals surface area contributed by atoms with E-state index in [1.807, 2.05) is 6.08 Å². The summed E-state index contributed by atoms with van der Waals surface area (Å²) in [5, 5.41) is 27.9. The van der Waals surface area contributed by atoms with Crippen LogP contribution in [0.25, 0.3) is 0 Å². The lowest BCUT2D eigenvalue weighted by Crippen LogP contribution is -1.93. The van der Waals surface area contributed by atoms with E-state index in [1.54, 1.807) is 6.08 Å². The van der Waals surface area contributed by atoms with Crippen molar-refractivity contribution in [2.75, 3.05) is 0 Å². The van der Waals surface area contributed by atoms with Crippen LogP contribution in [0.4, 0.5) is 0 Å². The maximum Gasteiger partial charge on any atom is 0.303 e. The fourth-order valence-electron chi connectivity index (χ4n) is 2.18. The molecule has 3 N–H and O–H groups in total. The highest BCUT2D eigenvalue weighted by atomic mass is 16.4. The lowest BCUT2D eigenvalue weighted by atomic mass is 10.1. The van der Waals surface area contributed by atoms with Crippen molar-refractivity contribution in [3.05, 3.63) is 23.7 Å². The van der Waals surface area contributed by atoms with Gasteiger partial charge in [0.15, 0.2) is 0 Å². The summed E-state index contributed by atoms with van der Waals surface area (Å²) in [7, 11) is 0. The third kappa shape index (κ3) is 14.9. The Bertz CT molecular complexity index is 345. The lowest BCUT2D eigenvalue weighted by Gasteiger charge is -2.02. The Morgan fingerprint density at radius 3 is 2.05 bits per heavy atom. The first-order chi connectivity index (χ1) is 10.6. The van der Waals surface area contributed by atoms with Crippen molar-refractivity contribution in [2.24, 2.45) is 0 Å². The number of allylic oxidation sites excluding steroid dienone is 3. The number of hydrogen-bond donors (Lipinski definition) is 3. The van der Waals surface area contributed by atoms with Gasteiger partial charge in [0, 0.05) is 19.3 Å². The number of carboxylic acids is 1. The molecule has 0 saturated carbocycles. The molecule has 0 heterocycles. The number of hydrogen-bond acceptors (Lipinski definition) is 3. The molecular weight excluding hydrogens is 280 g/mol. The second kappa shape index (κ2) is 14.5. The fourth-order valence-corrected chi connectivity index (χ4v) is 2.18. The van der Waals surface area contributed by atoms with Gasteiger partial charge in [0.2, 0.25) is 0 Å². The van der Waals surface area contributed by atoms with Gasteiger partial charge in [-0.1, -0.05) is 39.0 Å². The van der Waals surface area contributed by atoms with Crippen LogP contribution in [0, 0.1) is 0 Å². The van der Waals surface area contributed by atoms with Crippen molar-refractivity contribution in [3.63, 3.8) is 0 Å². The molecule has 0 aromatic heterocycles. The van der Waals surface area contributed by atoms with E-state index in [2.05, 4.69) is 6.92 Å². The summed E-state index contributed by atoms with van der Waals surface area (Å²) in [5.74, 6) is -0.0708. The van der Waals surface area contributed by atoms with Crippen LogP contribution in [0.3, 0.4) is 0 Å². The van der Waals surface area contributed by atoms with E-state index in [0.29, 0.717) is 24.4 Å². The number of aliphatic hydroxyl groups is 2. The predicted octanol–water partition coefficient (Wildman–Crippen LogP) is 5.66. The molecule has 0 rings (SSSR count). The molecule has 0 fully saturated rings. The largest absolute Gasteiger partial charge is 0.513 e. The number of rotatable bonds is 14. The van der Waals surface area contributed by atoms with E-state index < -0.39 is 5.97 Å². The molecule has 0 aliphatic carbocycles. The first kappa shape index (κ1) is 20.6. The van der Waals surface area contributed by atoms with Gasteiger partial charge in [-0.3, -0.25) is 4.79 Å². The van der Waals surface area contributed by atoms with E-state index in [4.69, 9.17) is 5.11 Å². The summed E-state index contributed by atoms with van der Waals surface area (Å²) in [6.07, 6.45) is 13.7. The van der Waals surface area contributed by atoms with Gasteiger partial charge in [-0.25, -0.2) is 0 Å². The molecule has 0 aromatic carbocycles. The number of aliphatic carboxylic acids is 1. The molecule has 0 atom stereocenters. The average molecular weight is 312 g/mol. The highest BCUT2D eigenvalue weighted by molar-refractivity contribution is 5.66. The molecule has 0 unspecified atom stereocenters. The third-order valence-electron chi connectivity index (χ3n) is 3.56. The Morgan fingerprint density at radius 1 is 0.773 bits per heavy atom. The molecule has 4 heteroatoms. The number of carbonyl (C=O) groups is 1. The van der Waals surface area contributed by atoms with Gasteiger partial charge in [-0.15, -0.1) is 0 Å². The van der Waals surface area contributed by atoms with Crippen LogP contribution in [0.2, 0.25) is 0 Å². The summed E-state index contributed by atoms with van der Waals surface area (Å²) in [4.78, 5) is 10.3. The van der Waals surface area contributed by atoms with Crippen molar-refractivity contribution in [1.82, 2.24) is 0 Å². The second-order valence-electron chi connectivity index (χ2n) is 5.75. The molecule has 0 aromatic rings. The minimum absolute atomic E-state index is 0.245. The molecule has 0 aliphatic heterocycles. The molecule has 4 nitrogen and oxygen atoms in total. The van der Waals surface area contributed by atoms with Crippen LogP contribution in [0.1, 0.15) is 84.0 Å². The van der Waals surface area contributed by atoms with Gasteiger partial charge in [0.25, 0.3) is 0 Å². The Hall–Kier alpha value is -1.45. The highest BCUT2D eigenvalue weighted by Gasteiger charge is 1.98. The molecule has 0 amide bonds. The summed E-state index contributed by atoms with van der Waals surface area (Å²) in [6.45, 7) is 2.15. The topological polar surface area (TPSA) is 77.8 Å². The fraction of sp³-hybridized carbons (Fsp3) is 0.722. The first-order valence-electron chi connectivity index (χ1n) is 8.54. The standard InChI is InChI=1S/C18H32O4/c1-2-3-4-8-11-16(19)14-15-17(20)12-9-6-5-7-10-13-18(21)22/h11,15,19-20H,2-10,12-14H2,1H3,(H,21,22)/b16-11+,17-15+. The first-order valence-corrected chi connectivity index (χ1v) is 8.54. The summed E-state index contributed by atoms with van der Waals surface area (Å²) >= 11 is 0. The van der Waals surface area contributed by atoms with Crippen molar-refractivity contribution >= 4 is 5.97 Å². The Labute approximate surface area is 134 Å². The number of aliphatic hydroxyl groups excluding tert-OH is 2. The van der Waals surface area contributed by atoms with Crippen molar-refractivity contribution in [2.45, 2.75) is 84.0 Å². The molecule has 0 saturated heterocycles. The van der Waals surface area contributed by atoms with Crippen molar-refractivity contribution in [3.8, 4) is 0 Å². The third-order valence-corrected chi connectivity index (χ3v) is 3.56. The van der Waals surface area contributed by atoms with E-state index in [-0.39, 0.29) is 6.42 Å². The quantitative estimate of drug-likeness (QED) is 0.286. The molecule has 0 spiro atoms. The zero-order valence-electron chi connectivity index (χ0n) is 13.9. The average Bonchev–Trinajstić information content (AvgIpc) is 2.48. The molecule has 128 valence electrons. The Balaban J connectivity index is 3.61. The minimum atomic E-state index is -0.733. The van der Waals surface area contributed by atoms with Crippen LogP contribution >= 0.6 is 0 Å². The maximum absolute atomic E-state index is 10.3. The zero-order chi connectivity index (χ0) is 16.6. The molecule has 0 radical (unpaired) electrons. The van der Waals surface area contributed by atoms with E-state index in [9.17, 15) is 15.0 Å². The van der Waals surface area contributed by atoms with Crippen LogP contribution in [-0.2, 0) is 4.79 Å². The van der Waals surface area contributed by atoms with Gasteiger partial charge in [-0.05, 0) is 37.8 Å². The van der Waals surface area contributed by atoms with Crippen LogP contribution in [0.15, 0.2) is 23.7 Å². The van der Waals surface area contributed by atoms with Crippen LogP contribution in [-0.4, -0.2) is 21.3 Å². The van der Waals surface area contributed by atoms with Crippen LogP contribution in [0.5, 0.6) is 0 Å². The smallest absolute Gasteiger partial charge is 0.303 e. The monoisotopic (exact) mass is 312 g/mol. The second-order valence-corrected chi connectivity index (χ2v) is 5.75. The van der Waals surface area contributed by atoms with Gasteiger partial charge in [0.05, 0.1) is 11.5 Å². The number of unbranched alkanes of at least 4 members (excludes halogenated alkanes) is 7. The molecule has 0 aliphatic rings. The summed E-state index contributed by atoms with van der Waals surface area (Å²) in [5.41, 5.74) is 0. The number of carboxylic acid groups (broad SMARTS) is 1. The lowest BCUT2D eigenvalue weighted by molar-refractivity contribution is -0.137. The Kier molecular flexibility index (Phi) is 13.5. The minimum Gasteiger partial charge on any atom is -0.513 e. The molecule has 0 bridgehead atoms. The van der Waals surface area contributed by atoms with Gasteiger partial charge >= 0.3 is 5.97 Å². The molecule has 22 heavy (non-hydrogen) atoms. The predicted molar refractivity (Wildman–Crippen MR) is 90.1 cm³/mol. The highest BCUT2D eigenvalue weighted by Crippen LogP contribution is 2.12. The van der Waals surface area contributed by atoms with E-state index >= 15 is 0 Å². The van der Waals surface area contributed by atoms with Crippen LogP contribution < -0.4 is 0 Å². The zero-order valence-corrected chi connectivity index (χ0v) is 13.9. The van der Waals surface area contributed by atoms with Crippen molar-refractivity contribution in [1.29, 1.82) is 0 Å². The summed E-state index contributed by atoms with van der Waals surface area (Å²) in [6, 6.07) is 0. The van der Waals surface area contributed by atoms with Gasteiger partial charge in [-0.2, -0.15) is 0 Å². The maximum atomic E-state index is 10.3. The van der Waals surface area contributed by atoms with Gasteiger partial charge in [0.1, 0.15) is 0 Å². The van der Waals surface area contributed by atoms with E-state index in [0.717, 1.165) is 44.9 Å². The SMILES string of the molecule is CCCCC/C=C(/O)C/C=C(/O)CCCCCCCC(=O)O. The van der Waals surface area contributed by atoms with Gasteiger partial charge < -0.3 is 15.3 Å². The summed E-state index contributed by atoms with van der Waals surface area (Å²) < 4.78 is 0. The Morgan fingerprint density at radius 2 is 1.41 bits per heavy atom. The van der Waals surface area contributed by atoms with E-state index in [1.165, 1.54) is 12.8 Å². The van der Waals surface area contributed by atoms with Crippen molar-refractivity contribution < 1.29 is 20.1 Å².